The maximum Gasteiger partial charge on any atom is 0.418 e. The molecule has 0 aromatic heterocycles. The summed E-state index contributed by atoms with van der Waals surface area (Å²) in [5.41, 5.74) is -0.534. The normalized spacial score (nSPS) is 12.1. The molecule has 5 nitrogen and oxygen atoms in total. The van der Waals surface area contributed by atoms with E-state index >= 15 is 0 Å². The van der Waals surface area contributed by atoms with Gasteiger partial charge in [-0.3, -0.25) is 4.79 Å². The van der Waals surface area contributed by atoms with Gasteiger partial charge < -0.3 is 5.32 Å². The predicted octanol–water partition coefficient (Wildman–Crippen LogP) is 5.64. The number of halogens is 5. The van der Waals surface area contributed by atoms with Crippen molar-refractivity contribution in [1.82, 2.24) is 4.31 Å². The quantitative estimate of drug-likeness (QED) is 0.415. The molecule has 0 aliphatic rings. The van der Waals surface area contributed by atoms with Crippen LogP contribution in [0.3, 0.4) is 0 Å². The number of benzene rings is 3. The van der Waals surface area contributed by atoms with Crippen molar-refractivity contribution in [1.29, 1.82) is 0 Å². The molecule has 1 N–H and O–H groups in total. The first-order valence-corrected chi connectivity index (χ1v) is 11.7. The van der Waals surface area contributed by atoms with Gasteiger partial charge in [-0.2, -0.15) is 17.5 Å². The first-order valence-electron chi connectivity index (χ1n) is 9.84. The lowest BCUT2D eigenvalue weighted by atomic mass is 10.1. The van der Waals surface area contributed by atoms with E-state index in [1.807, 2.05) is 0 Å². The first kappa shape index (κ1) is 25.7. The molecule has 11 heteroatoms. The number of amides is 1. The highest BCUT2D eigenvalue weighted by Crippen LogP contribution is 2.36. The number of hydrogen-bond acceptors (Lipinski definition) is 3. The van der Waals surface area contributed by atoms with E-state index in [1.165, 1.54) is 30.3 Å². The highest BCUT2D eigenvalue weighted by Gasteiger charge is 2.35. The second-order valence-electron chi connectivity index (χ2n) is 7.45. The topological polar surface area (TPSA) is 66.5 Å². The second kappa shape index (κ2) is 10.1. The van der Waals surface area contributed by atoms with Gasteiger partial charge in [0.1, 0.15) is 5.82 Å². The molecule has 0 heterocycles. The number of carbonyl (C=O) groups excluding carboxylic acids is 1. The van der Waals surface area contributed by atoms with Gasteiger partial charge in [0.2, 0.25) is 15.9 Å². The van der Waals surface area contributed by atoms with Crippen molar-refractivity contribution in [3.05, 3.63) is 94.3 Å². The minimum atomic E-state index is -4.80. The van der Waals surface area contributed by atoms with E-state index in [0.29, 0.717) is 11.6 Å². The van der Waals surface area contributed by atoms with Crippen LogP contribution in [0, 0.1) is 12.7 Å². The lowest BCUT2D eigenvalue weighted by Crippen LogP contribution is -2.37. The highest BCUT2D eigenvalue weighted by molar-refractivity contribution is 7.89. The van der Waals surface area contributed by atoms with Crippen molar-refractivity contribution in [2.24, 2.45) is 0 Å². The largest absolute Gasteiger partial charge is 0.418 e. The summed E-state index contributed by atoms with van der Waals surface area (Å²) >= 11 is 5.66. The molecular formula is C23H19ClF4N2O3S. The average molecular weight is 515 g/mol. The number of rotatable bonds is 7. The van der Waals surface area contributed by atoms with E-state index in [0.717, 1.165) is 28.1 Å². The van der Waals surface area contributed by atoms with Crippen molar-refractivity contribution >= 4 is 33.2 Å². The SMILES string of the molecule is Cc1ccc(S(=O)(=O)N(CC(=O)Nc2ccc(Cl)cc2C(F)(F)F)Cc2ccc(F)cc2)cc1. The Morgan fingerprint density at radius 1 is 1.00 bits per heavy atom. The maximum atomic E-state index is 13.4. The molecule has 3 aromatic rings. The zero-order valence-electron chi connectivity index (χ0n) is 17.7. The van der Waals surface area contributed by atoms with Crippen molar-refractivity contribution in [3.63, 3.8) is 0 Å². The van der Waals surface area contributed by atoms with Crippen LogP contribution in [-0.2, 0) is 27.5 Å². The van der Waals surface area contributed by atoms with Gasteiger partial charge in [0, 0.05) is 11.6 Å². The summed E-state index contributed by atoms with van der Waals surface area (Å²) in [5, 5.41) is 1.94. The molecule has 0 fully saturated rings. The standard InChI is InChI=1S/C23H19ClF4N2O3S/c1-15-2-9-19(10-3-15)34(32,33)30(13-16-4-7-18(25)8-5-16)14-22(31)29-21-11-6-17(24)12-20(21)23(26,27)28/h2-12H,13-14H2,1H3,(H,29,31). The van der Waals surface area contributed by atoms with Gasteiger partial charge in [-0.25, -0.2) is 12.8 Å². The number of nitrogens with one attached hydrogen (secondary N) is 1. The minimum Gasteiger partial charge on any atom is -0.324 e. The number of hydrogen-bond donors (Lipinski definition) is 1. The van der Waals surface area contributed by atoms with Gasteiger partial charge >= 0.3 is 6.18 Å². The Morgan fingerprint density at radius 2 is 1.62 bits per heavy atom. The van der Waals surface area contributed by atoms with E-state index < -0.39 is 45.7 Å². The molecule has 0 bridgehead atoms. The fourth-order valence-corrected chi connectivity index (χ4v) is 4.65. The Kier molecular flexibility index (Phi) is 7.64. The Labute approximate surface area is 199 Å². The number of anilines is 1. The van der Waals surface area contributed by atoms with E-state index in [9.17, 15) is 30.8 Å². The molecule has 0 unspecified atom stereocenters. The zero-order chi connectivity index (χ0) is 25.1. The summed E-state index contributed by atoms with van der Waals surface area (Å²) in [5.74, 6) is -1.53. The molecule has 0 aliphatic heterocycles. The molecule has 1 amide bonds. The lowest BCUT2D eigenvalue weighted by molar-refractivity contribution is -0.137. The fourth-order valence-electron chi connectivity index (χ4n) is 3.09. The Morgan fingerprint density at radius 3 is 2.21 bits per heavy atom. The van der Waals surface area contributed by atoms with Crippen LogP contribution in [0.2, 0.25) is 5.02 Å². The second-order valence-corrected chi connectivity index (χ2v) is 9.82. The van der Waals surface area contributed by atoms with Gasteiger partial charge in [0.05, 0.1) is 22.7 Å². The number of aryl methyl sites for hydroxylation is 1. The van der Waals surface area contributed by atoms with Crippen molar-refractivity contribution in [2.45, 2.75) is 24.5 Å². The summed E-state index contributed by atoms with van der Waals surface area (Å²) in [6.45, 7) is 0.675. The average Bonchev–Trinajstić information content (AvgIpc) is 2.75. The maximum absolute atomic E-state index is 13.4. The molecule has 0 saturated carbocycles. The third kappa shape index (κ3) is 6.34. The molecule has 0 radical (unpaired) electrons. The molecular weight excluding hydrogens is 496 g/mol. The summed E-state index contributed by atoms with van der Waals surface area (Å²) in [7, 11) is -4.22. The predicted molar refractivity (Wildman–Crippen MR) is 120 cm³/mol. The van der Waals surface area contributed by atoms with Crippen LogP contribution in [-0.4, -0.2) is 25.2 Å². The molecule has 0 spiro atoms. The van der Waals surface area contributed by atoms with E-state index in [-0.39, 0.29) is 16.5 Å². The van der Waals surface area contributed by atoms with Crippen molar-refractivity contribution in [3.8, 4) is 0 Å². The number of alkyl halides is 3. The number of carbonyl (C=O) groups is 1. The molecule has 180 valence electrons. The van der Waals surface area contributed by atoms with Gasteiger partial charge in [-0.05, 0) is 55.0 Å². The first-order chi connectivity index (χ1) is 15.9. The van der Waals surface area contributed by atoms with Gasteiger partial charge in [0.15, 0.2) is 0 Å². The van der Waals surface area contributed by atoms with E-state index in [2.05, 4.69) is 5.32 Å². The smallest absolute Gasteiger partial charge is 0.324 e. The third-order valence-electron chi connectivity index (χ3n) is 4.81. The summed E-state index contributed by atoms with van der Waals surface area (Å²) < 4.78 is 80.7. The van der Waals surface area contributed by atoms with Gasteiger partial charge in [0.25, 0.3) is 0 Å². The van der Waals surface area contributed by atoms with Crippen molar-refractivity contribution < 1.29 is 30.8 Å². The van der Waals surface area contributed by atoms with Crippen molar-refractivity contribution in [2.75, 3.05) is 11.9 Å². The lowest BCUT2D eigenvalue weighted by Gasteiger charge is -2.23. The van der Waals surface area contributed by atoms with Gasteiger partial charge in [-0.1, -0.05) is 41.4 Å². The molecule has 0 aliphatic carbocycles. The fraction of sp³-hybridized carbons (Fsp3) is 0.174. The van der Waals surface area contributed by atoms with Crippen LogP contribution in [0.15, 0.2) is 71.6 Å². The highest BCUT2D eigenvalue weighted by atomic mass is 35.5. The summed E-state index contributed by atoms with van der Waals surface area (Å²) in [6.07, 6.45) is -4.80. The van der Waals surface area contributed by atoms with Crippen LogP contribution in [0.1, 0.15) is 16.7 Å². The zero-order valence-corrected chi connectivity index (χ0v) is 19.3. The number of sulfonamides is 1. The van der Waals surface area contributed by atoms with E-state index in [4.69, 9.17) is 11.6 Å². The molecule has 0 saturated heterocycles. The minimum absolute atomic E-state index is 0.101. The summed E-state index contributed by atoms with van der Waals surface area (Å²) in [4.78, 5) is 12.6. The van der Waals surface area contributed by atoms with E-state index in [1.54, 1.807) is 19.1 Å². The Balaban J connectivity index is 1.92. The van der Waals surface area contributed by atoms with Gasteiger partial charge in [-0.15, -0.1) is 0 Å². The summed E-state index contributed by atoms with van der Waals surface area (Å²) in [6, 6.07) is 13.7. The number of nitrogens with zero attached hydrogens (tertiary/aromatic N) is 1. The molecule has 3 aromatic carbocycles. The molecule has 0 atom stereocenters. The van der Waals surface area contributed by atoms with Crippen LogP contribution < -0.4 is 5.32 Å². The monoisotopic (exact) mass is 514 g/mol. The van der Waals surface area contributed by atoms with Crippen LogP contribution in [0.25, 0.3) is 0 Å². The van der Waals surface area contributed by atoms with Crippen LogP contribution >= 0.6 is 11.6 Å². The van der Waals surface area contributed by atoms with Crippen LogP contribution in [0.4, 0.5) is 23.2 Å². The Hall–Kier alpha value is -2.95. The molecule has 3 rings (SSSR count). The molecule has 34 heavy (non-hydrogen) atoms. The Bertz CT molecular complexity index is 1280. The van der Waals surface area contributed by atoms with Crippen LogP contribution in [0.5, 0.6) is 0 Å². The third-order valence-corrected chi connectivity index (χ3v) is 6.85.